The van der Waals surface area contributed by atoms with E-state index in [1.807, 2.05) is 0 Å². The maximum absolute atomic E-state index is 14.6. The van der Waals surface area contributed by atoms with Crippen molar-refractivity contribution in [2.24, 2.45) is 0 Å². The molecule has 3 aromatic rings. The van der Waals surface area contributed by atoms with E-state index in [0.29, 0.717) is 22.6 Å². The Balaban J connectivity index is 1.75. The van der Waals surface area contributed by atoms with Gasteiger partial charge in [-0.1, -0.05) is 22.8 Å². The Labute approximate surface area is 197 Å². The number of halogens is 3. The smallest absolute Gasteiger partial charge is 0.411 e. The molecule has 0 saturated heterocycles. The first kappa shape index (κ1) is 23.5. The van der Waals surface area contributed by atoms with E-state index in [1.54, 1.807) is 13.0 Å². The molecule has 11 heteroatoms. The maximum Gasteiger partial charge on any atom is 0.411 e. The quantitative estimate of drug-likeness (QED) is 0.533. The second-order valence-corrected chi connectivity index (χ2v) is 8.07. The average Bonchev–Trinajstić information content (AvgIpc) is 3.23. The highest BCUT2D eigenvalue weighted by atomic mass is 35.5. The van der Waals surface area contributed by atoms with Gasteiger partial charge in [-0.15, -0.1) is 0 Å². The third-order valence-corrected chi connectivity index (χ3v) is 5.54. The summed E-state index contributed by atoms with van der Waals surface area (Å²) in [5.41, 5.74) is 1.32. The number of nitrogens with zero attached hydrogens (tertiary/aromatic N) is 2. The normalized spacial score (nSPS) is 15.1. The van der Waals surface area contributed by atoms with Crippen molar-refractivity contribution in [1.29, 1.82) is 0 Å². The van der Waals surface area contributed by atoms with Crippen LogP contribution in [0.4, 0.5) is 13.6 Å². The van der Waals surface area contributed by atoms with E-state index in [-0.39, 0.29) is 35.9 Å². The fraction of sp³-hybridized carbons (Fsp3) is 0.261. The molecule has 1 aliphatic heterocycles. The van der Waals surface area contributed by atoms with E-state index in [4.69, 9.17) is 30.7 Å². The number of ether oxygens (including phenoxy) is 2. The zero-order valence-electron chi connectivity index (χ0n) is 17.9. The highest BCUT2D eigenvalue weighted by molar-refractivity contribution is 6.30. The second-order valence-electron chi connectivity index (χ2n) is 7.63. The molecule has 0 bridgehead atoms. The Morgan fingerprint density at radius 2 is 2.03 bits per heavy atom. The van der Waals surface area contributed by atoms with Gasteiger partial charge in [-0.3, -0.25) is 4.90 Å². The number of amides is 1. The fourth-order valence-electron chi connectivity index (χ4n) is 3.88. The summed E-state index contributed by atoms with van der Waals surface area (Å²) in [7, 11) is 0. The first-order valence-corrected chi connectivity index (χ1v) is 10.6. The summed E-state index contributed by atoms with van der Waals surface area (Å²) in [5.74, 6) is -2.78. The van der Waals surface area contributed by atoms with Crippen LogP contribution in [-0.4, -0.2) is 40.4 Å². The average molecular weight is 493 g/mol. The van der Waals surface area contributed by atoms with E-state index in [9.17, 15) is 18.4 Å². The number of benzene rings is 2. The van der Waals surface area contributed by atoms with Gasteiger partial charge in [0.2, 0.25) is 0 Å². The van der Waals surface area contributed by atoms with Gasteiger partial charge in [-0.05, 0) is 48.7 Å². The Kier molecular flexibility index (Phi) is 6.69. The standard InChI is InChI=1S/C23H19ClF2N2O6/c1-12-8-14(34-27-12)10-33-23(31)28-7-6-15-16(3-4-18(25)21(15)26)22(28)17-9-13(24)2-5-19(17)32-11-20(29)30/h2-5,8-9,22H,6-7,10-11H2,1H3,(H,29,30)/t22-/m0/s1. The number of carboxylic acids is 1. The molecule has 0 spiro atoms. The van der Waals surface area contributed by atoms with Crippen LogP contribution >= 0.6 is 11.6 Å². The molecule has 8 nitrogen and oxygen atoms in total. The highest BCUT2D eigenvalue weighted by Gasteiger charge is 2.37. The second kappa shape index (κ2) is 9.68. The molecule has 0 aliphatic carbocycles. The zero-order valence-corrected chi connectivity index (χ0v) is 18.6. The number of fused-ring (bicyclic) bond motifs is 1. The molecule has 1 aromatic heterocycles. The first-order valence-electron chi connectivity index (χ1n) is 10.2. The minimum Gasteiger partial charge on any atom is -0.482 e. The van der Waals surface area contributed by atoms with Gasteiger partial charge in [-0.2, -0.15) is 0 Å². The lowest BCUT2D eigenvalue weighted by atomic mass is 9.87. The number of aliphatic carboxylic acids is 1. The number of aromatic nitrogens is 1. The van der Waals surface area contributed by atoms with Crippen molar-refractivity contribution >= 4 is 23.7 Å². The molecule has 178 valence electrons. The summed E-state index contributed by atoms with van der Waals surface area (Å²) in [6.07, 6.45) is -0.712. The van der Waals surface area contributed by atoms with Gasteiger partial charge in [0.1, 0.15) is 5.75 Å². The van der Waals surface area contributed by atoms with E-state index in [2.05, 4.69) is 5.16 Å². The lowest BCUT2D eigenvalue weighted by Crippen LogP contribution is -2.41. The zero-order chi connectivity index (χ0) is 24.4. The van der Waals surface area contributed by atoms with Crippen molar-refractivity contribution in [3.63, 3.8) is 0 Å². The minimum absolute atomic E-state index is 0.00279. The van der Waals surface area contributed by atoms with Crippen molar-refractivity contribution < 1.29 is 37.5 Å². The number of carboxylic acid groups (broad SMARTS) is 1. The van der Waals surface area contributed by atoms with Crippen molar-refractivity contribution in [3.05, 3.63) is 81.2 Å². The van der Waals surface area contributed by atoms with E-state index >= 15 is 0 Å². The van der Waals surface area contributed by atoms with Crippen LogP contribution in [0.5, 0.6) is 5.75 Å². The number of carbonyl (C=O) groups is 2. The molecule has 2 heterocycles. The minimum atomic E-state index is -1.21. The van der Waals surface area contributed by atoms with Gasteiger partial charge in [-0.25, -0.2) is 18.4 Å². The summed E-state index contributed by atoms with van der Waals surface area (Å²) in [5, 5.41) is 13.0. The van der Waals surface area contributed by atoms with Crippen LogP contribution in [0.1, 0.15) is 34.2 Å². The van der Waals surface area contributed by atoms with Gasteiger partial charge in [0, 0.05) is 23.2 Å². The molecule has 0 saturated carbocycles. The summed E-state index contributed by atoms with van der Waals surface area (Å²) in [6, 6.07) is 7.41. The SMILES string of the molecule is Cc1cc(COC(=O)N2CCc3c(ccc(F)c3F)[C@H]2c2cc(Cl)ccc2OCC(=O)O)on1. The largest absolute Gasteiger partial charge is 0.482 e. The summed E-state index contributed by atoms with van der Waals surface area (Å²) in [4.78, 5) is 25.5. The molecule has 1 amide bonds. The third kappa shape index (κ3) is 4.81. The lowest BCUT2D eigenvalue weighted by Gasteiger charge is -2.37. The Morgan fingerprint density at radius 1 is 1.24 bits per heavy atom. The molecular weight excluding hydrogens is 474 g/mol. The summed E-state index contributed by atoms with van der Waals surface area (Å²) >= 11 is 6.19. The number of aryl methyl sites for hydroxylation is 1. The van der Waals surface area contributed by atoms with Crippen molar-refractivity contribution in [2.75, 3.05) is 13.2 Å². The predicted octanol–water partition coefficient (Wildman–Crippen LogP) is 4.66. The summed E-state index contributed by atoms with van der Waals surface area (Å²) < 4.78 is 44.4. The molecule has 1 atom stereocenters. The van der Waals surface area contributed by atoms with Gasteiger partial charge in [0.15, 0.2) is 30.6 Å². The van der Waals surface area contributed by atoms with Gasteiger partial charge in [0.05, 0.1) is 11.7 Å². The molecule has 2 aromatic carbocycles. The Bertz CT molecular complexity index is 1250. The monoisotopic (exact) mass is 492 g/mol. The van der Waals surface area contributed by atoms with Gasteiger partial charge in [0.25, 0.3) is 0 Å². The molecule has 0 fully saturated rings. The number of carbonyl (C=O) groups excluding carboxylic acids is 1. The van der Waals surface area contributed by atoms with Gasteiger partial charge >= 0.3 is 12.1 Å². The molecular formula is C23H19ClF2N2O6. The Hall–Kier alpha value is -3.66. The molecule has 1 aliphatic rings. The van der Waals surface area contributed by atoms with E-state index in [0.717, 1.165) is 6.07 Å². The van der Waals surface area contributed by atoms with Crippen LogP contribution in [0.15, 0.2) is 40.9 Å². The number of hydrogen-bond donors (Lipinski definition) is 1. The summed E-state index contributed by atoms with van der Waals surface area (Å²) in [6.45, 7) is 0.877. The van der Waals surface area contributed by atoms with Crippen LogP contribution in [-0.2, 0) is 22.6 Å². The lowest BCUT2D eigenvalue weighted by molar-refractivity contribution is -0.139. The topological polar surface area (TPSA) is 102 Å². The van der Waals surface area contributed by atoms with Crippen LogP contribution in [0.3, 0.4) is 0 Å². The molecule has 1 N–H and O–H groups in total. The molecule has 0 unspecified atom stereocenters. The number of rotatable bonds is 6. The van der Waals surface area contributed by atoms with Crippen LogP contribution in [0.2, 0.25) is 5.02 Å². The fourth-order valence-corrected chi connectivity index (χ4v) is 4.06. The predicted molar refractivity (Wildman–Crippen MR) is 115 cm³/mol. The van der Waals surface area contributed by atoms with Crippen LogP contribution in [0, 0.1) is 18.6 Å². The van der Waals surface area contributed by atoms with Crippen molar-refractivity contribution in [2.45, 2.75) is 26.0 Å². The van der Waals surface area contributed by atoms with Crippen LogP contribution in [0.25, 0.3) is 0 Å². The van der Waals surface area contributed by atoms with Crippen LogP contribution < -0.4 is 4.74 Å². The van der Waals surface area contributed by atoms with E-state index < -0.39 is 36.3 Å². The number of hydrogen-bond acceptors (Lipinski definition) is 6. The molecule has 4 rings (SSSR count). The van der Waals surface area contributed by atoms with Crippen molar-refractivity contribution in [1.82, 2.24) is 10.1 Å². The molecule has 0 radical (unpaired) electrons. The molecule has 34 heavy (non-hydrogen) atoms. The van der Waals surface area contributed by atoms with E-state index in [1.165, 1.54) is 29.2 Å². The third-order valence-electron chi connectivity index (χ3n) is 5.31. The van der Waals surface area contributed by atoms with Gasteiger partial charge < -0.3 is 19.1 Å². The Morgan fingerprint density at radius 3 is 2.74 bits per heavy atom. The maximum atomic E-state index is 14.6. The first-order chi connectivity index (χ1) is 16.2. The highest BCUT2D eigenvalue weighted by Crippen LogP contribution is 2.42. The van der Waals surface area contributed by atoms with Crippen molar-refractivity contribution in [3.8, 4) is 5.75 Å².